The van der Waals surface area contributed by atoms with Crippen LogP contribution in [-0.4, -0.2) is 9.13 Å². The van der Waals surface area contributed by atoms with Crippen LogP contribution in [0.1, 0.15) is 71.4 Å². The average molecular weight is 491 g/mol. The Balaban J connectivity index is 1.64. The van der Waals surface area contributed by atoms with Crippen molar-refractivity contribution < 1.29 is 4.57 Å². The van der Waals surface area contributed by atoms with Crippen molar-refractivity contribution in [2.45, 2.75) is 77.7 Å². The van der Waals surface area contributed by atoms with Crippen molar-refractivity contribution in [2.24, 2.45) is 7.05 Å². The van der Waals surface area contributed by atoms with E-state index in [1.165, 1.54) is 62.8 Å². The number of hydrogen-bond acceptors (Lipinski definition) is 0. The fourth-order valence-electron chi connectivity index (χ4n) is 7.12. The largest absolute Gasteiger partial charge is 0.340 e. The van der Waals surface area contributed by atoms with E-state index in [9.17, 15) is 0 Å². The predicted molar refractivity (Wildman–Crippen MR) is 156 cm³/mol. The second-order valence-electron chi connectivity index (χ2n) is 11.4. The van der Waals surface area contributed by atoms with Crippen molar-refractivity contribution in [1.29, 1.82) is 0 Å². The highest BCUT2D eigenvalue weighted by molar-refractivity contribution is 6.10. The lowest BCUT2D eigenvalue weighted by molar-refractivity contribution is -0.764. The van der Waals surface area contributed by atoms with E-state index in [0.29, 0.717) is 0 Å². The number of imidazole rings is 1. The molecule has 2 atom stereocenters. The maximum Gasteiger partial charge on any atom is 0.294 e. The van der Waals surface area contributed by atoms with Gasteiger partial charge in [-0.1, -0.05) is 76.6 Å². The molecule has 37 heavy (non-hydrogen) atoms. The molecule has 3 heterocycles. The second-order valence-corrected chi connectivity index (χ2v) is 11.4. The fraction of sp³-hybridized carbons (Fsp3) is 0.382. The number of fused-ring (bicyclic) bond motifs is 6. The summed E-state index contributed by atoms with van der Waals surface area (Å²) in [6.45, 7) is 11.9. The van der Waals surface area contributed by atoms with Crippen LogP contribution >= 0.6 is 0 Å². The summed E-state index contributed by atoms with van der Waals surface area (Å²) >= 11 is 0. The van der Waals surface area contributed by atoms with Gasteiger partial charge in [0.1, 0.15) is 17.9 Å². The van der Waals surface area contributed by atoms with Gasteiger partial charge in [0.2, 0.25) is 0 Å². The number of hydrogen-bond donors (Lipinski definition) is 0. The van der Waals surface area contributed by atoms with Crippen LogP contribution < -0.4 is 4.57 Å². The molecule has 3 aromatic carbocycles. The fourth-order valence-corrected chi connectivity index (χ4v) is 7.12. The van der Waals surface area contributed by atoms with E-state index in [4.69, 9.17) is 0 Å². The molecule has 2 aromatic heterocycles. The summed E-state index contributed by atoms with van der Waals surface area (Å²) in [5, 5.41) is 2.66. The van der Waals surface area contributed by atoms with Crippen molar-refractivity contribution in [2.75, 3.05) is 0 Å². The number of nitrogens with zero attached hydrogens (tertiary/aromatic N) is 3. The minimum absolute atomic E-state index is 0.0162. The Morgan fingerprint density at radius 2 is 1.68 bits per heavy atom. The lowest BCUT2D eigenvalue weighted by Crippen LogP contribution is -2.67. The number of aryl methyl sites for hydroxylation is 2. The number of aromatic nitrogens is 3. The zero-order valence-corrected chi connectivity index (χ0v) is 23.3. The molecule has 0 aliphatic carbocycles. The maximum absolute atomic E-state index is 2.57. The molecular weight excluding hydrogens is 450 g/mol. The summed E-state index contributed by atoms with van der Waals surface area (Å²) in [6.07, 6.45) is 10.4. The van der Waals surface area contributed by atoms with E-state index in [2.05, 4.69) is 128 Å². The van der Waals surface area contributed by atoms with Crippen LogP contribution in [0.4, 0.5) is 0 Å². The molecule has 0 N–H and O–H groups in total. The number of rotatable bonds is 6. The first-order chi connectivity index (χ1) is 17.9. The molecule has 0 spiro atoms. The quantitative estimate of drug-likeness (QED) is 0.213. The van der Waals surface area contributed by atoms with Crippen LogP contribution in [0.25, 0.3) is 38.9 Å². The number of para-hydroxylation sites is 1. The van der Waals surface area contributed by atoms with Gasteiger partial charge >= 0.3 is 0 Å². The third kappa shape index (κ3) is 3.16. The van der Waals surface area contributed by atoms with Crippen LogP contribution in [0.15, 0.2) is 73.1 Å². The van der Waals surface area contributed by atoms with Crippen LogP contribution in [-0.2, 0) is 24.4 Å². The third-order valence-electron chi connectivity index (χ3n) is 9.84. The zero-order valence-electron chi connectivity index (χ0n) is 23.3. The zero-order chi connectivity index (χ0) is 25.9. The molecule has 3 heteroatoms. The summed E-state index contributed by atoms with van der Waals surface area (Å²) in [7, 11) is 2.24. The molecule has 0 fully saturated rings. The Morgan fingerprint density at radius 3 is 2.43 bits per heavy atom. The van der Waals surface area contributed by atoms with Gasteiger partial charge in [-0.05, 0) is 61.9 Å². The minimum Gasteiger partial charge on any atom is -0.340 e. The molecule has 1 aliphatic heterocycles. The van der Waals surface area contributed by atoms with E-state index in [1.54, 1.807) is 0 Å². The van der Waals surface area contributed by atoms with Gasteiger partial charge in [0, 0.05) is 28.8 Å². The van der Waals surface area contributed by atoms with E-state index in [1.807, 2.05) is 0 Å². The maximum atomic E-state index is 2.57. The van der Waals surface area contributed by atoms with Gasteiger partial charge in [-0.15, -0.1) is 0 Å². The lowest BCUT2D eigenvalue weighted by atomic mass is 9.61. The molecular formula is C34H40N3+. The molecule has 1 aliphatic rings. The Morgan fingerprint density at radius 1 is 0.865 bits per heavy atom. The van der Waals surface area contributed by atoms with Crippen LogP contribution in [0.2, 0.25) is 0 Å². The van der Waals surface area contributed by atoms with E-state index < -0.39 is 0 Å². The molecule has 3 nitrogen and oxygen atoms in total. The van der Waals surface area contributed by atoms with Gasteiger partial charge in [-0.2, -0.15) is 4.57 Å². The van der Waals surface area contributed by atoms with E-state index in [-0.39, 0.29) is 11.0 Å². The molecule has 2 unspecified atom stereocenters. The third-order valence-corrected chi connectivity index (χ3v) is 9.84. The van der Waals surface area contributed by atoms with E-state index >= 15 is 0 Å². The Labute approximate surface area is 221 Å². The first-order valence-electron chi connectivity index (χ1n) is 14.1. The highest BCUT2D eigenvalue weighted by Gasteiger charge is 2.55. The van der Waals surface area contributed by atoms with Gasteiger partial charge in [-0.25, -0.2) is 4.57 Å². The molecule has 0 bridgehead atoms. The monoisotopic (exact) mass is 490 g/mol. The summed E-state index contributed by atoms with van der Waals surface area (Å²) in [6, 6.07) is 23.0. The van der Waals surface area contributed by atoms with Gasteiger partial charge in [0.25, 0.3) is 5.82 Å². The van der Waals surface area contributed by atoms with Crippen molar-refractivity contribution in [1.82, 2.24) is 9.13 Å². The van der Waals surface area contributed by atoms with Crippen molar-refractivity contribution in [3.8, 4) is 17.1 Å². The number of benzene rings is 3. The van der Waals surface area contributed by atoms with Crippen LogP contribution in [0, 0.1) is 0 Å². The topological polar surface area (TPSA) is 13.7 Å². The Hall–Kier alpha value is -3.33. The highest BCUT2D eigenvalue weighted by Crippen LogP contribution is 2.50. The summed E-state index contributed by atoms with van der Waals surface area (Å²) in [5.74, 6) is 1.28. The minimum atomic E-state index is -0.0162. The van der Waals surface area contributed by atoms with Crippen molar-refractivity contribution >= 4 is 21.8 Å². The molecule has 6 rings (SSSR count). The first-order valence-corrected chi connectivity index (χ1v) is 14.1. The second kappa shape index (κ2) is 8.62. The van der Waals surface area contributed by atoms with E-state index in [0.717, 1.165) is 19.3 Å². The Bertz CT molecular complexity index is 1630. The molecule has 0 saturated heterocycles. The number of unbranched alkanes of at least 4 members (excludes halogenated alkanes) is 1. The van der Waals surface area contributed by atoms with Crippen LogP contribution in [0.3, 0.4) is 0 Å². The van der Waals surface area contributed by atoms with Gasteiger partial charge < -0.3 is 4.57 Å². The van der Waals surface area contributed by atoms with Crippen LogP contribution in [0.5, 0.6) is 0 Å². The Kier molecular flexibility index (Phi) is 5.60. The molecule has 0 amide bonds. The normalized spacial score (nSPS) is 20.9. The average Bonchev–Trinajstić information content (AvgIpc) is 3.51. The summed E-state index contributed by atoms with van der Waals surface area (Å²) in [4.78, 5) is 0. The van der Waals surface area contributed by atoms with Gasteiger partial charge in [0.05, 0.1) is 11.1 Å². The van der Waals surface area contributed by atoms with Gasteiger partial charge in [0.15, 0.2) is 5.69 Å². The summed E-state index contributed by atoms with van der Waals surface area (Å²) < 4.78 is 7.43. The van der Waals surface area contributed by atoms with Crippen molar-refractivity contribution in [3.63, 3.8) is 0 Å². The van der Waals surface area contributed by atoms with Crippen molar-refractivity contribution in [3.05, 3.63) is 84.2 Å². The predicted octanol–water partition coefficient (Wildman–Crippen LogP) is 8.23. The first kappa shape index (κ1) is 24.0. The standard InChI is InChI=1S/C34H40N3/c1-7-10-14-24-19-20-25-26-16-13-18-29(31(26)35(6)30(25)23-24)36-21-22-37-32(36)27-15-11-12-17-28(27)33(4,8-2)34(37,5)9-3/h11-13,15-23H,7-10,14H2,1-6H3/q+1. The smallest absolute Gasteiger partial charge is 0.294 e. The molecule has 190 valence electrons. The van der Waals surface area contributed by atoms with Gasteiger partial charge in [-0.3, -0.25) is 0 Å². The molecule has 0 saturated carbocycles. The lowest BCUT2D eigenvalue weighted by Gasteiger charge is -2.47. The molecule has 0 radical (unpaired) electrons. The SMILES string of the molecule is CCCCc1ccc2c3cccc(-n4cc[n+]5c4-c4ccccc4C(C)(CC)C5(C)CC)c3n(C)c2c1. The highest BCUT2D eigenvalue weighted by atomic mass is 15.2. The molecule has 5 aromatic rings. The summed E-state index contributed by atoms with van der Waals surface area (Å²) in [5.41, 5.74) is 8.15.